The van der Waals surface area contributed by atoms with E-state index in [0.717, 1.165) is 12.1 Å². The summed E-state index contributed by atoms with van der Waals surface area (Å²) in [5.74, 6) is 0.225. The highest BCUT2D eigenvalue weighted by atomic mass is 16.5. The number of nitrogens with one attached hydrogen (secondary N) is 1. The number of amides is 2. The minimum Gasteiger partial charge on any atom is -0.477 e. The lowest BCUT2D eigenvalue weighted by Gasteiger charge is -2.24. The van der Waals surface area contributed by atoms with Gasteiger partial charge in [0.2, 0.25) is 5.88 Å². The second kappa shape index (κ2) is 8.20. The van der Waals surface area contributed by atoms with Crippen LogP contribution in [-0.2, 0) is 13.0 Å². The average molecular weight is 371 g/mol. The van der Waals surface area contributed by atoms with Gasteiger partial charge >= 0.3 is 0 Å². The molecule has 0 aliphatic carbocycles. The van der Waals surface area contributed by atoms with Crippen LogP contribution in [0, 0.1) is 11.8 Å². The molecule has 0 aromatic carbocycles. The number of carbonyl (C=O) groups is 2. The predicted octanol–water partition coefficient (Wildman–Crippen LogP) is 1.40. The van der Waals surface area contributed by atoms with Gasteiger partial charge in [-0.3, -0.25) is 14.3 Å². The smallest absolute Gasteiger partial charge is 0.256 e. The summed E-state index contributed by atoms with van der Waals surface area (Å²) in [6, 6.07) is 3.43. The lowest BCUT2D eigenvalue weighted by Crippen LogP contribution is -2.34. The molecule has 0 saturated carbocycles. The fourth-order valence-electron chi connectivity index (χ4n) is 3.14. The molecule has 0 radical (unpaired) electrons. The first kappa shape index (κ1) is 18.9. The van der Waals surface area contributed by atoms with Crippen molar-refractivity contribution in [2.24, 2.45) is 17.6 Å². The first-order valence-electron chi connectivity index (χ1n) is 9.16. The summed E-state index contributed by atoms with van der Waals surface area (Å²) in [7, 11) is 0. The molecule has 8 nitrogen and oxygen atoms in total. The van der Waals surface area contributed by atoms with Crippen molar-refractivity contribution in [3.05, 3.63) is 41.3 Å². The van der Waals surface area contributed by atoms with Gasteiger partial charge in [-0.15, -0.1) is 0 Å². The van der Waals surface area contributed by atoms with Crippen LogP contribution in [-0.4, -0.2) is 39.7 Å². The standard InChI is InChI=1S/C19H25N5O3/c1-12(2)11-27-19-14(4-3-6-21-19)18(26)22-9-13-5-7-24-16(8-13)15(10-23-24)17(20)25/h3-4,6,10,12-13H,5,7-9,11H2,1-2H3,(H2,20,25)(H,22,26). The van der Waals surface area contributed by atoms with Crippen LogP contribution in [0.15, 0.2) is 24.5 Å². The third kappa shape index (κ3) is 4.45. The van der Waals surface area contributed by atoms with Crippen molar-refractivity contribution in [3.63, 3.8) is 0 Å². The van der Waals surface area contributed by atoms with Gasteiger partial charge in [0.1, 0.15) is 5.56 Å². The van der Waals surface area contributed by atoms with E-state index in [0.29, 0.717) is 49.0 Å². The molecular weight excluding hydrogens is 346 g/mol. The maximum atomic E-state index is 12.6. The Morgan fingerprint density at radius 1 is 1.41 bits per heavy atom. The number of nitrogens with zero attached hydrogens (tertiary/aromatic N) is 3. The van der Waals surface area contributed by atoms with E-state index in [1.807, 2.05) is 18.5 Å². The number of fused-ring (bicyclic) bond motifs is 1. The molecule has 0 bridgehead atoms. The summed E-state index contributed by atoms with van der Waals surface area (Å²) >= 11 is 0. The minimum atomic E-state index is -0.469. The van der Waals surface area contributed by atoms with E-state index >= 15 is 0 Å². The van der Waals surface area contributed by atoms with Crippen LogP contribution >= 0.6 is 0 Å². The monoisotopic (exact) mass is 371 g/mol. The summed E-state index contributed by atoms with van der Waals surface area (Å²) in [5, 5.41) is 7.17. The first-order valence-corrected chi connectivity index (χ1v) is 9.16. The van der Waals surface area contributed by atoms with E-state index in [4.69, 9.17) is 10.5 Å². The van der Waals surface area contributed by atoms with Crippen molar-refractivity contribution in [1.82, 2.24) is 20.1 Å². The molecule has 1 aliphatic rings. The zero-order chi connectivity index (χ0) is 19.4. The maximum Gasteiger partial charge on any atom is 0.256 e. The van der Waals surface area contributed by atoms with Crippen LogP contribution in [0.2, 0.25) is 0 Å². The molecule has 0 saturated heterocycles. The molecule has 2 amide bonds. The Labute approximate surface area is 158 Å². The fourth-order valence-corrected chi connectivity index (χ4v) is 3.14. The molecule has 3 rings (SSSR count). The number of pyridine rings is 1. The van der Waals surface area contributed by atoms with Crippen LogP contribution in [0.4, 0.5) is 0 Å². The van der Waals surface area contributed by atoms with Gasteiger partial charge in [0.25, 0.3) is 11.8 Å². The molecule has 2 aromatic heterocycles. The summed E-state index contributed by atoms with van der Waals surface area (Å²) in [6.45, 7) is 5.78. The number of primary amides is 1. The SMILES string of the molecule is CC(C)COc1ncccc1C(=O)NCC1CCn2ncc(C(N)=O)c2C1. The van der Waals surface area contributed by atoms with Crippen LogP contribution in [0.5, 0.6) is 5.88 Å². The van der Waals surface area contributed by atoms with Crippen molar-refractivity contribution in [1.29, 1.82) is 0 Å². The molecule has 1 aliphatic heterocycles. The molecule has 144 valence electrons. The highest BCUT2D eigenvalue weighted by Gasteiger charge is 2.25. The Balaban J connectivity index is 1.62. The Bertz CT molecular complexity index is 831. The summed E-state index contributed by atoms with van der Waals surface area (Å²) in [5.41, 5.74) is 7.14. The van der Waals surface area contributed by atoms with Gasteiger partial charge in [0.05, 0.1) is 24.1 Å². The van der Waals surface area contributed by atoms with Gasteiger partial charge in [0, 0.05) is 19.3 Å². The van der Waals surface area contributed by atoms with Gasteiger partial charge in [-0.25, -0.2) is 4.98 Å². The van der Waals surface area contributed by atoms with Crippen LogP contribution in [0.25, 0.3) is 0 Å². The number of nitrogens with two attached hydrogens (primary N) is 1. The van der Waals surface area contributed by atoms with Crippen LogP contribution < -0.4 is 15.8 Å². The molecule has 3 heterocycles. The summed E-state index contributed by atoms with van der Waals surface area (Å²) < 4.78 is 7.47. The van der Waals surface area contributed by atoms with E-state index < -0.39 is 5.91 Å². The average Bonchev–Trinajstić information content (AvgIpc) is 3.08. The molecule has 27 heavy (non-hydrogen) atoms. The summed E-state index contributed by atoms with van der Waals surface area (Å²) in [6.07, 6.45) is 4.66. The van der Waals surface area contributed by atoms with E-state index in [9.17, 15) is 9.59 Å². The largest absolute Gasteiger partial charge is 0.477 e. The Hall–Kier alpha value is -2.90. The normalized spacial score (nSPS) is 16.0. The van der Waals surface area contributed by atoms with Crippen LogP contribution in [0.3, 0.4) is 0 Å². The second-order valence-corrected chi connectivity index (χ2v) is 7.22. The van der Waals surface area contributed by atoms with Crippen molar-refractivity contribution in [2.45, 2.75) is 33.2 Å². The molecule has 1 unspecified atom stereocenters. The molecule has 8 heteroatoms. The fraction of sp³-hybridized carbons (Fsp3) is 0.474. The molecular formula is C19H25N5O3. The lowest BCUT2D eigenvalue weighted by atomic mass is 9.94. The number of hydrogen-bond acceptors (Lipinski definition) is 5. The maximum absolute atomic E-state index is 12.6. The first-order chi connectivity index (χ1) is 13.0. The van der Waals surface area contributed by atoms with Crippen LogP contribution in [0.1, 0.15) is 46.7 Å². The number of aromatic nitrogens is 3. The minimum absolute atomic E-state index is 0.212. The van der Waals surface area contributed by atoms with Gasteiger partial charge in [-0.05, 0) is 36.8 Å². The quantitative estimate of drug-likeness (QED) is 0.764. The van der Waals surface area contributed by atoms with Crippen molar-refractivity contribution < 1.29 is 14.3 Å². The molecule has 2 aromatic rings. The highest BCUT2D eigenvalue weighted by molar-refractivity contribution is 5.96. The van der Waals surface area contributed by atoms with E-state index in [1.165, 1.54) is 6.20 Å². The molecule has 1 atom stereocenters. The Kier molecular flexibility index (Phi) is 5.73. The van der Waals surface area contributed by atoms with Gasteiger partial charge in [0.15, 0.2) is 0 Å². The topological polar surface area (TPSA) is 112 Å². The zero-order valence-corrected chi connectivity index (χ0v) is 15.6. The molecule has 0 fully saturated rings. The molecule has 0 spiro atoms. The van der Waals surface area contributed by atoms with E-state index in [-0.39, 0.29) is 11.8 Å². The lowest BCUT2D eigenvalue weighted by molar-refractivity contribution is 0.0936. The number of aryl methyl sites for hydroxylation is 1. The van der Waals surface area contributed by atoms with E-state index in [1.54, 1.807) is 18.3 Å². The Morgan fingerprint density at radius 2 is 2.22 bits per heavy atom. The second-order valence-electron chi connectivity index (χ2n) is 7.22. The third-order valence-electron chi connectivity index (χ3n) is 4.57. The number of ether oxygens (including phenoxy) is 1. The van der Waals surface area contributed by atoms with E-state index in [2.05, 4.69) is 15.4 Å². The van der Waals surface area contributed by atoms with Gasteiger partial charge < -0.3 is 15.8 Å². The Morgan fingerprint density at radius 3 is 2.96 bits per heavy atom. The third-order valence-corrected chi connectivity index (χ3v) is 4.57. The predicted molar refractivity (Wildman–Crippen MR) is 99.5 cm³/mol. The highest BCUT2D eigenvalue weighted by Crippen LogP contribution is 2.23. The number of hydrogen-bond donors (Lipinski definition) is 2. The van der Waals surface area contributed by atoms with Crippen molar-refractivity contribution >= 4 is 11.8 Å². The number of carbonyl (C=O) groups excluding carboxylic acids is 2. The summed E-state index contributed by atoms with van der Waals surface area (Å²) in [4.78, 5) is 28.3. The van der Waals surface area contributed by atoms with Gasteiger partial charge in [-0.2, -0.15) is 5.10 Å². The van der Waals surface area contributed by atoms with Crippen molar-refractivity contribution in [3.8, 4) is 5.88 Å². The van der Waals surface area contributed by atoms with Gasteiger partial charge in [-0.1, -0.05) is 13.8 Å². The van der Waals surface area contributed by atoms with Crippen molar-refractivity contribution in [2.75, 3.05) is 13.2 Å². The number of rotatable bonds is 7. The zero-order valence-electron chi connectivity index (χ0n) is 15.6. The molecule has 3 N–H and O–H groups in total.